The molecule has 0 aliphatic heterocycles. The molecule has 27 heavy (non-hydrogen) atoms. The predicted octanol–water partition coefficient (Wildman–Crippen LogP) is 2.63. The summed E-state index contributed by atoms with van der Waals surface area (Å²) in [6.45, 7) is 0.791. The summed E-state index contributed by atoms with van der Waals surface area (Å²) >= 11 is 1.17. The van der Waals surface area contributed by atoms with Gasteiger partial charge < -0.3 is 9.30 Å². The zero-order chi connectivity index (χ0) is 19.6. The van der Waals surface area contributed by atoms with Crippen LogP contribution < -0.4 is 4.80 Å². The molecule has 3 aromatic rings. The summed E-state index contributed by atoms with van der Waals surface area (Å²) in [7, 11) is -1.81. The molecule has 3 rings (SSSR count). The Kier molecular flexibility index (Phi) is 5.54. The molecule has 0 saturated carbocycles. The first kappa shape index (κ1) is 19.4. The van der Waals surface area contributed by atoms with E-state index in [-0.39, 0.29) is 10.5 Å². The van der Waals surface area contributed by atoms with Gasteiger partial charge in [-0.2, -0.15) is 4.99 Å². The van der Waals surface area contributed by atoms with Crippen LogP contribution in [0.1, 0.15) is 10.4 Å². The Hall–Kier alpha value is -2.36. The second-order valence-electron chi connectivity index (χ2n) is 5.83. The number of carbonyl (C=O) groups excluding carboxylic acids is 1. The molecule has 0 aliphatic rings. The van der Waals surface area contributed by atoms with Crippen molar-refractivity contribution in [2.75, 3.05) is 20.0 Å². The molecule has 1 heterocycles. The lowest BCUT2D eigenvalue weighted by atomic mass is 10.2. The number of benzene rings is 2. The molecule has 0 aliphatic carbocycles. The summed E-state index contributed by atoms with van der Waals surface area (Å²) in [5.74, 6) is -1.34. The normalized spacial score (nSPS) is 12.6. The van der Waals surface area contributed by atoms with E-state index in [0.717, 1.165) is 11.8 Å². The van der Waals surface area contributed by atoms with Gasteiger partial charge in [-0.3, -0.25) is 4.79 Å². The molecule has 1 amide bonds. The number of sulfone groups is 1. The standard InChI is InChI=1S/C18H17FN2O4S2/c1-25-10-9-21-15-8-7-12(27(2,23)24)11-16(15)26-18(21)20-17(22)13-5-3-4-6-14(13)19/h3-8,11H,9-10H2,1-2H3. The lowest BCUT2D eigenvalue weighted by Gasteiger charge is -2.05. The number of fused-ring (bicyclic) bond motifs is 1. The first-order chi connectivity index (χ1) is 12.8. The number of methoxy groups -OCH3 is 1. The SMILES string of the molecule is COCCn1c(=NC(=O)c2ccccc2F)sc2cc(S(C)(=O)=O)ccc21. The van der Waals surface area contributed by atoms with Crippen LogP contribution in [0.3, 0.4) is 0 Å². The van der Waals surface area contributed by atoms with Crippen LogP contribution in [-0.2, 0) is 21.1 Å². The zero-order valence-electron chi connectivity index (χ0n) is 14.7. The average molecular weight is 408 g/mol. The van der Waals surface area contributed by atoms with Crippen molar-refractivity contribution in [1.29, 1.82) is 0 Å². The van der Waals surface area contributed by atoms with Gasteiger partial charge in [-0.1, -0.05) is 23.5 Å². The summed E-state index contributed by atoms with van der Waals surface area (Å²) in [6.07, 6.45) is 1.13. The summed E-state index contributed by atoms with van der Waals surface area (Å²) < 4.78 is 45.0. The van der Waals surface area contributed by atoms with Gasteiger partial charge in [-0.25, -0.2) is 12.8 Å². The zero-order valence-corrected chi connectivity index (χ0v) is 16.3. The number of aromatic nitrogens is 1. The quantitative estimate of drug-likeness (QED) is 0.650. The third-order valence-electron chi connectivity index (χ3n) is 3.90. The Morgan fingerprint density at radius 2 is 2.00 bits per heavy atom. The van der Waals surface area contributed by atoms with E-state index in [0.29, 0.717) is 22.7 Å². The molecule has 0 radical (unpaired) electrons. The van der Waals surface area contributed by atoms with E-state index in [4.69, 9.17) is 4.74 Å². The van der Waals surface area contributed by atoms with Crippen molar-refractivity contribution in [3.8, 4) is 0 Å². The minimum atomic E-state index is -3.36. The van der Waals surface area contributed by atoms with Gasteiger partial charge in [0, 0.05) is 19.9 Å². The van der Waals surface area contributed by atoms with Crippen LogP contribution in [0.15, 0.2) is 52.4 Å². The van der Waals surface area contributed by atoms with Gasteiger partial charge >= 0.3 is 0 Å². The lowest BCUT2D eigenvalue weighted by molar-refractivity contribution is 0.0993. The molecular formula is C18H17FN2O4S2. The number of carbonyl (C=O) groups is 1. The minimum absolute atomic E-state index is 0.120. The Bertz CT molecular complexity index is 1180. The first-order valence-corrected chi connectivity index (χ1v) is 10.7. The maximum atomic E-state index is 13.9. The molecule has 0 bridgehead atoms. The summed E-state index contributed by atoms with van der Waals surface area (Å²) in [5.41, 5.74) is 0.606. The van der Waals surface area contributed by atoms with Crippen molar-refractivity contribution >= 4 is 37.3 Å². The van der Waals surface area contributed by atoms with E-state index >= 15 is 0 Å². The number of hydrogen-bond donors (Lipinski definition) is 0. The van der Waals surface area contributed by atoms with E-state index in [1.807, 2.05) is 0 Å². The molecule has 0 fully saturated rings. The maximum Gasteiger partial charge on any atom is 0.282 e. The molecule has 0 saturated heterocycles. The molecule has 6 nitrogen and oxygen atoms in total. The smallest absolute Gasteiger partial charge is 0.282 e. The van der Waals surface area contributed by atoms with E-state index < -0.39 is 21.6 Å². The fourth-order valence-electron chi connectivity index (χ4n) is 2.55. The molecule has 0 N–H and O–H groups in total. The molecule has 0 atom stereocenters. The van der Waals surface area contributed by atoms with Crippen LogP contribution >= 0.6 is 11.3 Å². The van der Waals surface area contributed by atoms with Gasteiger partial charge in [-0.15, -0.1) is 0 Å². The largest absolute Gasteiger partial charge is 0.383 e. The molecule has 1 aromatic heterocycles. The Labute approximate surface area is 159 Å². The van der Waals surface area contributed by atoms with Gasteiger partial charge in [0.25, 0.3) is 5.91 Å². The minimum Gasteiger partial charge on any atom is -0.383 e. The number of rotatable bonds is 5. The van der Waals surface area contributed by atoms with Crippen LogP contribution in [0, 0.1) is 5.82 Å². The first-order valence-electron chi connectivity index (χ1n) is 7.97. The van der Waals surface area contributed by atoms with Crippen LogP contribution in [0.2, 0.25) is 0 Å². The topological polar surface area (TPSA) is 77.7 Å². The van der Waals surface area contributed by atoms with E-state index in [9.17, 15) is 17.6 Å². The molecule has 0 unspecified atom stereocenters. The molecule has 0 spiro atoms. The fourth-order valence-corrected chi connectivity index (χ4v) is 4.37. The van der Waals surface area contributed by atoms with Gasteiger partial charge in [0.1, 0.15) is 5.82 Å². The Morgan fingerprint density at radius 1 is 1.26 bits per heavy atom. The third kappa shape index (κ3) is 4.15. The number of amides is 1. The number of thiazole rings is 1. The van der Waals surface area contributed by atoms with Crippen molar-refractivity contribution in [3.63, 3.8) is 0 Å². The molecular weight excluding hydrogens is 391 g/mol. The van der Waals surface area contributed by atoms with Gasteiger partial charge in [0.2, 0.25) is 0 Å². The second-order valence-corrected chi connectivity index (χ2v) is 8.85. The van der Waals surface area contributed by atoms with E-state index in [1.54, 1.807) is 29.9 Å². The van der Waals surface area contributed by atoms with Crippen LogP contribution in [-0.4, -0.2) is 38.9 Å². The van der Waals surface area contributed by atoms with Crippen LogP contribution in [0.25, 0.3) is 10.2 Å². The fraction of sp³-hybridized carbons (Fsp3) is 0.222. The van der Waals surface area contributed by atoms with Crippen molar-refractivity contribution in [3.05, 3.63) is 58.6 Å². The number of ether oxygens (including phenoxy) is 1. The van der Waals surface area contributed by atoms with Gasteiger partial charge in [0.05, 0.1) is 27.3 Å². The highest BCUT2D eigenvalue weighted by atomic mass is 32.2. The lowest BCUT2D eigenvalue weighted by Crippen LogP contribution is -2.19. The summed E-state index contributed by atoms with van der Waals surface area (Å²) in [5, 5.41) is 0. The van der Waals surface area contributed by atoms with E-state index in [1.165, 1.54) is 35.6 Å². The van der Waals surface area contributed by atoms with Crippen molar-refractivity contribution in [1.82, 2.24) is 4.57 Å². The van der Waals surface area contributed by atoms with E-state index in [2.05, 4.69) is 4.99 Å². The monoisotopic (exact) mass is 408 g/mol. The molecule has 142 valence electrons. The Morgan fingerprint density at radius 3 is 2.67 bits per heavy atom. The summed E-state index contributed by atoms with van der Waals surface area (Å²) in [6, 6.07) is 10.4. The number of hydrogen-bond acceptors (Lipinski definition) is 5. The number of halogens is 1. The van der Waals surface area contributed by atoms with Crippen molar-refractivity contribution in [2.24, 2.45) is 4.99 Å². The highest BCUT2D eigenvalue weighted by Crippen LogP contribution is 2.22. The van der Waals surface area contributed by atoms with Crippen molar-refractivity contribution in [2.45, 2.75) is 11.4 Å². The van der Waals surface area contributed by atoms with Gasteiger partial charge in [-0.05, 0) is 30.3 Å². The third-order valence-corrected chi connectivity index (χ3v) is 6.05. The average Bonchev–Trinajstić information content (AvgIpc) is 2.95. The summed E-state index contributed by atoms with van der Waals surface area (Å²) in [4.78, 5) is 17.0. The molecule has 2 aromatic carbocycles. The highest BCUT2D eigenvalue weighted by Gasteiger charge is 2.14. The second kappa shape index (κ2) is 7.71. The van der Waals surface area contributed by atoms with Crippen LogP contribution in [0.5, 0.6) is 0 Å². The number of nitrogens with zero attached hydrogens (tertiary/aromatic N) is 2. The van der Waals surface area contributed by atoms with Gasteiger partial charge in [0.15, 0.2) is 14.6 Å². The maximum absolute atomic E-state index is 13.9. The molecule has 9 heteroatoms. The predicted molar refractivity (Wildman–Crippen MR) is 101 cm³/mol. The Balaban J connectivity index is 2.18. The van der Waals surface area contributed by atoms with Crippen molar-refractivity contribution < 1.29 is 22.3 Å². The van der Waals surface area contributed by atoms with Crippen LogP contribution in [0.4, 0.5) is 4.39 Å². The highest BCUT2D eigenvalue weighted by molar-refractivity contribution is 7.90.